The highest BCUT2D eigenvalue weighted by molar-refractivity contribution is 6.31. The summed E-state index contributed by atoms with van der Waals surface area (Å²) in [5, 5.41) is 4.15. The maximum Gasteiger partial charge on any atom is 0.123 e. The molecule has 92 valence electrons. The lowest BCUT2D eigenvalue weighted by molar-refractivity contribution is 0.563. The minimum Gasteiger partial charge on any atom is -0.330 e. The van der Waals surface area contributed by atoms with Crippen LogP contribution in [0.2, 0.25) is 5.02 Å². The first kappa shape index (κ1) is 12.4. The number of nitrogens with one attached hydrogen (secondary N) is 1. The molecule has 17 heavy (non-hydrogen) atoms. The highest BCUT2D eigenvalue weighted by Crippen LogP contribution is 2.23. The van der Waals surface area contributed by atoms with Crippen molar-refractivity contribution >= 4 is 22.6 Å². The monoisotopic (exact) mass is 251 g/mol. The lowest BCUT2D eigenvalue weighted by Gasteiger charge is -2.07. The molecule has 0 aliphatic heterocycles. The molecule has 0 aliphatic rings. The van der Waals surface area contributed by atoms with Crippen LogP contribution in [0, 0.1) is 6.92 Å². The van der Waals surface area contributed by atoms with Gasteiger partial charge in [-0.05, 0) is 24.6 Å². The number of hydrogen-bond donors (Lipinski definition) is 1. The molecule has 0 bridgehead atoms. The zero-order valence-electron chi connectivity index (χ0n) is 10.7. The van der Waals surface area contributed by atoms with Crippen molar-refractivity contribution in [3.05, 3.63) is 28.5 Å². The third-order valence-electron chi connectivity index (χ3n) is 2.90. The lowest BCUT2D eigenvalue weighted by atomic mass is 10.2. The molecule has 0 amide bonds. The molecular formula is C13H18ClN3. The summed E-state index contributed by atoms with van der Waals surface area (Å²) < 4.78 is 2.10. The van der Waals surface area contributed by atoms with Gasteiger partial charge < -0.3 is 9.88 Å². The summed E-state index contributed by atoms with van der Waals surface area (Å²) in [4.78, 5) is 4.67. The molecule has 0 unspecified atom stereocenters. The summed E-state index contributed by atoms with van der Waals surface area (Å²) in [7, 11) is 2.03. The minimum atomic E-state index is 0.458. The van der Waals surface area contributed by atoms with Crippen molar-refractivity contribution in [2.45, 2.75) is 33.4 Å². The van der Waals surface area contributed by atoms with Crippen LogP contribution in [-0.4, -0.2) is 15.6 Å². The van der Waals surface area contributed by atoms with Crippen molar-refractivity contribution in [3.63, 3.8) is 0 Å². The number of aromatic nitrogens is 2. The van der Waals surface area contributed by atoms with Crippen molar-refractivity contribution in [1.29, 1.82) is 0 Å². The highest BCUT2D eigenvalue weighted by Gasteiger charge is 2.10. The molecule has 0 aliphatic carbocycles. The molecule has 2 rings (SSSR count). The third-order valence-corrected chi connectivity index (χ3v) is 3.12. The summed E-state index contributed by atoms with van der Waals surface area (Å²) in [6.45, 7) is 7.08. The van der Waals surface area contributed by atoms with Gasteiger partial charge in [0.2, 0.25) is 0 Å². The maximum absolute atomic E-state index is 6.08. The van der Waals surface area contributed by atoms with E-state index >= 15 is 0 Å². The number of benzene rings is 1. The second kappa shape index (κ2) is 4.67. The zero-order chi connectivity index (χ0) is 12.6. The highest BCUT2D eigenvalue weighted by atomic mass is 35.5. The number of aryl methyl sites for hydroxylation is 2. The second-order valence-corrected chi connectivity index (χ2v) is 5.15. The van der Waals surface area contributed by atoms with Gasteiger partial charge in [-0.2, -0.15) is 0 Å². The van der Waals surface area contributed by atoms with E-state index in [1.165, 1.54) is 0 Å². The Bertz CT molecular complexity index is 543. The first-order valence-electron chi connectivity index (χ1n) is 5.84. The van der Waals surface area contributed by atoms with E-state index in [0.717, 1.165) is 34.0 Å². The predicted molar refractivity (Wildman–Crippen MR) is 72.4 cm³/mol. The van der Waals surface area contributed by atoms with E-state index in [1.54, 1.807) is 0 Å². The molecule has 3 nitrogen and oxygen atoms in total. The summed E-state index contributed by atoms with van der Waals surface area (Å²) >= 11 is 6.08. The fourth-order valence-corrected chi connectivity index (χ4v) is 2.18. The van der Waals surface area contributed by atoms with E-state index in [2.05, 4.69) is 28.7 Å². The van der Waals surface area contributed by atoms with Crippen LogP contribution >= 0.6 is 11.6 Å². The Hall–Kier alpha value is -1.06. The van der Waals surface area contributed by atoms with Gasteiger partial charge in [-0.3, -0.25) is 0 Å². The lowest BCUT2D eigenvalue weighted by Crippen LogP contribution is -2.23. The van der Waals surface area contributed by atoms with E-state index in [-0.39, 0.29) is 0 Å². The van der Waals surface area contributed by atoms with Crippen LogP contribution in [0.5, 0.6) is 0 Å². The van der Waals surface area contributed by atoms with Crippen LogP contribution in [0.25, 0.3) is 11.0 Å². The largest absolute Gasteiger partial charge is 0.330 e. The van der Waals surface area contributed by atoms with Gasteiger partial charge in [0, 0.05) is 18.1 Å². The first-order chi connectivity index (χ1) is 7.99. The quantitative estimate of drug-likeness (QED) is 0.909. The van der Waals surface area contributed by atoms with Gasteiger partial charge in [0.15, 0.2) is 0 Å². The van der Waals surface area contributed by atoms with Gasteiger partial charge in [0.1, 0.15) is 5.82 Å². The molecule has 1 aromatic carbocycles. The average molecular weight is 252 g/mol. The number of halogens is 1. The Labute approximate surface area is 107 Å². The van der Waals surface area contributed by atoms with Gasteiger partial charge in [-0.25, -0.2) is 4.98 Å². The van der Waals surface area contributed by atoms with Gasteiger partial charge in [0.05, 0.1) is 17.6 Å². The van der Waals surface area contributed by atoms with E-state index < -0.39 is 0 Å². The SMILES string of the molecule is Cc1cc(Cl)cc2c1nc(CNC(C)C)n2C. The Morgan fingerprint density at radius 2 is 2.12 bits per heavy atom. The molecule has 0 atom stereocenters. The fraction of sp³-hybridized carbons (Fsp3) is 0.462. The molecule has 0 fully saturated rings. The van der Waals surface area contributed by atoms with Gasteiger partial charge in [-0.1, -0.05) is 25.4 Å². The molecule has 0 radical (unpaired) electrons. The van der Waals surface area contributed by atoms with Gasteiger partial charge in [-0.15, -0.1) is 0 Å². The predicted octanol–water partition coefficient (Wildman–Crippen LogP) is 3.03. The normalized spacial score (nSPS) is 11.6. The molecular weight excluding hydrogens is 234 g/mol. The van der Waals surface area contributed by atoms with Crippen LogP contribution in [-0.2, 0) is 13.6 Å². The number of hydrogen-bond acceptors (Lipinski definition) is 2. The number of imidazole rings is 1. The minimum absolute atomic E-state index is 0.458. The zero-order valence-corrected chi connectivity index (χ0v) is 11.5. The average Bonchev–Trinajstić information content (AvgIpc) is 2.54. The molecule has 0 saturated heterocycles. The summed E-state index contributed by atoms with van der Waals surface area (Å²) in [5.74, 6) is 1.04. The van der Waals surface area contributed by atoms with Crippen molar-refractivity contribution in [2.75, 3.05) is 0 Å². The van der Waals surface area contributed by atoms with Crippen LogP contribution < -0.4 is 5.32 Å². The Balaban J connectivity index is 2.45. The second-order valence-electron chi connectivity index (χ2n) is 4.71. The Morgan fingerprint density at radius 3 is 2.76 bits per heavy atom. The Kier molecular flexibility index (Phi) is 3.40. The standard InChI is InChI=1S/C13H18ClN3/c1-8(2)15-7-12-16-13-9(3)5-10(14)6-11(13)17(12)4/h5-6,8,15H,7H2,1-4H3. The van der Waals surface area contributed by atoms with E-state index in [0.29, 0.717) is 6.04 Å². The van der Waals surface area contributed by atoms with Crippen molar-refractivity contribution in [2.24, 2.45) is 7.05 Å². The van der Waals surface area contributed by atoms with Gasteiger partial charge >= 0.3 is 0 Å². The van der Waals surface area contributed by atoms with Crippen LogP contribution in [0.15, 0.2) is 12.1 Å². The molecule has 0 saturated carbocycles. The van der Waals surface area contributed by atoms with Crippen LogP contribution in [0.3, 0.4) is 0 Å². The number of fused-ring (bicyclic) bond motifs is 1. The molecule has 2 aromatic rings. The van der Waals surface area contributed by atoms with Crippen LogP contribution in [0.1, 0.15) is 25.2 Å². The third kappa shape index (κ3) is 2.45. The Morgan fingerprint density at radius 1 is 1.41 bits per heavy atom. The molecule has 1 aromatic heterocycles. The maximum atomic E-state index is 6.08. The molecule has 1 heterocycles. The topological polar surface area (TPSA) is 29.9 Å². The summed E-state index contributed by atoms with van der Waals surface area (Å²) in [6, 6.07) is 4.38. The van der Waals surface area contributed by atoms with Crippen molar-refractivity contribution in [1.82, 2.24) is 14.9 Å². The van der Waals surface area contributed by atoms with Gasteiger partial charge in [0.25, 0.3) is 0 Å². The summed E-state index contributed by atoms with van der Waals surface area (Å²) in [5.41, 5.74) is 3.26. The first-order valence-corrected chi connectivity index (χ1v) is 6.21. The fourth-order valence-electron chi connectivity index (χ4n) is 1.92. The summed E-state index contributed by atoms with van der Waals surface area (Å²) in [6.07, 6.45) is 0. The molecule has 0 spiro atoms. The van der Waals surface area contributed by atoms with Crippen LogP contribution in [0.4, 0.5) is 0 Å². The molecule has 4 heteroatoms. The number of rotatable bonds is 3. The van der Waals surface area contributed by atoms with Crippen molar-refractivity contribution in [3.8, 4) is 0 Å². The van der Waals surface area contributed by atoms with E-state index in [9.17, 15) is 0 Å². The molecule has 1 N–H and O–H groups in total. The van der Waals surface area contributed by atoms with Crippen molar-refractivity contribution < 1.29 is 0 Å². The van der Waals surface area contributed by atoms with E-state index in [1.807, 2.05) is 26.1 Å². The number of nitrogens with zero attached hydrogens (tertiary/aromatic N) is 2. The smallest absolute Gasteiger partial charge is 0.123 e. The van der Waals surface area contributed by atoms with E-state index in [4.69, 9.17) is 11.6 Å².